The van der Waals surface area contributed by atoms with Crippen LogP contribution in [0.3, 0.4) is 0 Å². The number of thiophene rings is 1. The third kappa shape index (κ3) is 3.49. The first-order valence-corrected chi connectivity index (χ1v) is 8.37. The van der Waals surface area contributed by atoms with Gasteiger partial charge in [-0.3, -0.25) is 4.68 Å². The summed E-state index contributed by atoms with van der Waals surface area (Å²) in [6, 6.07) is 5.19. The minimum absolute atomic E-state index is 0.380. The standard InChI is InChI=1S/C16H25N3S/c1-5-13-8-10-20-16(13)15(17-6-2)11-14-7-9-19(18-14)12(3)4/h7-10,12,15,17H,5-6,11H2,1-4H3. The van der Waals surface area contributed by atoms with Crippen molar-refractivity contribution >= 4 is 11.3 Å². The Kier molecular flexibility index (Phi) is 5.38. The van der Waals surface area contributed by atoms with Crippen molar-refractivity contribution in [3.63, 3.8) is 0 Å². The molecule has 0 bridgehead atoms. The van der Waals surface area contributed by atoms with E-state index in [9.17, 15) is 0 Å². The molecule has 1 N–H and O–H groups in total. The van der Waals surface area contributed by atoms with Crippen molar-refractivity contribution in [1.82, 2.24) is 15.1 Å². The summed E-state index contributed by atoms with van der Waals surface area (Å²) in [5.74, 6) is 0. The van der Waals surface area contributed by atoms with Gasteiger partial charge in [-0.05, 0) is 49.9 Å². The van der Waals surface area contributed by atoms with Gasteiger partial charge in [0.25, 0.3) is 0 Å². The van der Waals surface area contributed by atoms with Gasteiger partial charge in [0.05, 0.1) is 5.69 Å². The Bertz CT molecular complexity index is 527. The Morgan fingerprint density at radius 2 is 2.10 bits per heavy atom. The summed E-state index contributed by atoms with van der Waals surface area (Å²) in [6.07, 6.45) is 4.14. The van der Waals surface area contributed by atoms with Gasteiger partial charge in [0, 0.05) is 29.6 Å². The van der Waals surface area contributed by atoms with Crippen molar-refractivity contribution in [3.8, 4) is 0 Å². The second kappa shape index (κ2) is 7.04. The zero-order valence-corrected chi connectivity index (χ0v) is 13.7. The van der Waals surface area contributed by atoms with E-state index in [2.05, 4.69) is 61.8 Å². The molecule has 4 heteroatoms. The molecule has 0 amide bonds. The van der Waals surface area contributed by atoms with Crippen LogP contribution in [-0.4, -0.2) is 16.3 Å². The highest BCUT2D eigenvalue weighted by Gasteiger charge is 2.17. The van der Waals surface area contributed by atoms with Crippen LogP contribution in [0.2, 0.25) is 0 Å². The molecule has 0 aliphatic heterocycles. The van der Waals surface area contributed by atoms with E-state index in [0.717, 1.165) is 19.4 Å². The van der Waals surface area contributed by atoms with Crippen LogP contribution in [-0.2, 0) is 12.8 Å². The van der Waals surface area contributed by atoms with Crippen LogP contribution in [0.5, 0.6) is 0 Å². The lowest BCUT2D eigenvalue weighted by atomic mass is 10.0. The van der Waals surface area contributed by atoms with Crippen LogP contribution >= 0.6 is 11.3 Å². The molecule has 2 aromatic heterocycles. The summed E-state index contributed by atoms with van der Waals surface area (Å²) in [6.45, 7) is 9.69. The van der Waals surface area contributed by atoms with Gasteiger partial charge >= 0.3 is 0 Å². The van der Waals surface area contributed by atoms with Crippen molar-refractivity contribution in [3.05, 3.63) is 39.8 Å². The van der Waals surface area contributed by atoms with Gasteiger partial charge in [-0.1, -0.05) is 13.8 Å². The third-order valence-electron chi connectivity index (χ3n) is 3.53. The van der Waals surface area contributed by atoms with Crippen LogP contribution in [0.15, 0.2) is 23.7 Å². The Morgan fingerprint density at radius 1 is 1.30 bits per heavy atom. The van der Waals surface area contributed by atoms with E-state index in [-0.39, 0.29) is 0 Å². The number of nitrogens with one attached hydrogen (secondary N) is 1. The molecule has 0 radical (unpaired) electrons. The largest absolute Gasteiger partial charge is 0.309 e. The summed E-state index contributed by atoms with van der Waals surface area (Å²) in [5, 5.41) is 10.5. The fourth-order valence-corrected chi connectivity index (χ4v) is 3.51. The molecule has 2 heterocycles. The van der Waals surface area contributed by atoms with Gasteiger partial charge in [-0.15, -0.1) is 11.3 Å². The maximum absolute atomic E-state index is 4.68. The molecule has 0 aliphatic rings. The summed E-state index contributed by atoms with van der Waals surface area (Å²) < 4.78 is 2.04. The Balaban J connectivity index is 2.16. The Hall–Kier alpha value is -1.13. The molecule has 0 saturated heterocycles. The minimum Gasteiger partial charge on any atom is -0.309 e. The van der Waals surface area contributed by atoms with E-state index >= 15 is 0 Å². The van der Waals surface area contributed by atoms with Crippen molar-refractivity contribution in [2.24, 2.45) is 0 Å². The molecule has 3 nitrogen and oxygen atoms in total. The van der Waals surface area contributed by atoms with E-state index in [0.29, 0.717) is 12.1 Å². The summed E-state index contributed by atoms with van der Waals surface area (Å²) in [4.78, 5) is 1.47. The molecule has 20 heavy (non-hydrogen) atoms. The van der Waals surface area contributed by atoms with Crippen molar-refractivity contribution < 1.29 is 0 Å². The number of hydrogen-bond donors (Lipinski definition) is 1. The predicted molar refractivity (Wildman–Crippen MR) is 86.4 cm³/mol. The van der Waals surface area contributed by atoms with Crippen LogP contribution in [0.1, 0.15) is 55.9 Å². The number of nitrogens with zero attached hydrogens (tertiary/aromatic N) is 2. The number of hydrogen-bond acceptors (Lipinski definition) is 3. The van der Waals surface area contributed by atoms with Gasteiger partial charge in [-0.25, -0.2) is 0 Å². The van der Waals surface area contributed by atoms with Crippen molar-refractivity contribution in [2.45, 2.75) is 52.6 Å². The topological polar surface area (TPSA) is 29.9 Å². The number of rotatable bonds is 7. The lowest BCUT2D eigenvalue weighted by molar-refractivity contribution is 0.508. The minimum atomic E-state index is 0.380. The first-order chi connectivity index (χ1) is 9.65. The predicted octanol–water partition coefficient (Wildman–Crippen LogP) is 3.98. The first-order valence-electron chi connectivity index (χ1n) is 7.49. The van der Waals surface area contributed by atoms with Crippen LogP contribution in [0, 0.1) is 0 Å². The lowest BCUT2D eigenvalue weighted by Gasteiger charge is -2.17. The highest BCUT2D eigenvalue weighted by Crippen LogP contribution is 2.27. The average Bonchev–Trinajstić information content (AvgIpc) is 3.06. The molecular formula is C16H25N3S. The molecule has 1 unspecified atom stereocenters. The molecule has 2 rings (SSSR count). The zero-order valence-electron chi connectivity index (χ0n) is 12.9. The van der Waals surface area contributed by atoms with Crippen LogP contribution in [0.25, 0.3) is 0 Å². The van der Waals surface area contributed by atoms with Crippen molar-refractivity contribution in [2.75, 3.05) is 6.54 Å². The van der Waals surface area contributed by atoms with E-state index in [1.807, 2.05) is 16.0 Å². The molecule has 2 aromatic rings. The second-order valence-electron chi connectivity index (χ2n) is 5.36. The molecule has 0 aromatic carbocycles. The molecular weight excluding hydrogens is 266 g/mol. The van der Waals surface area contributed by atoms with Gasteiger partial charge in [0.15, 0.2) is 0 Å². The van der Waals surface area contributed by atoms with E-state index in [1.54, 1.807) is 0 Å². The average molecular weight is 291 g/mol. The molecule has 110 valence electrons. The van der Waals surface area contributed by atoms with Gasteiger partial charge < -0.3 is 5.32 Å². The first kappa shape index (κ1) is 15.3. The fourth-order valence-electron chi connectivity index (χ4n) is 2.43. The molecule has 1 atom stereocenters. The summed E-state index contributed by atoms with van der Waals surface area (Å²) in [7, 11) is 0. The fraction of sp³-hybridized carbons (Fsp3) is 0.562. The van der Waals surface area contributed by atoms with Crippen molar-refractivity contribution in [1.29, 1.82) is 0 Å². The summed E-state index contributed by atoms with van der Waals surface area (Å²) in [5.41, 5.74) is 2.63. The SMILES string of the molecule is CCNC(Cc1ccn(C(C)C)n1)c1sccc1CC. The maximum Gasteiger partial charge on any atom is 0.0644 e. The van der Waals surface area contributed by atoms with E-state index in [1.165, 1.54) is 16.1 Å². The molecule has 0 saturated carbocycles. The monoisotopic (exact) mass is 291 g/mol. The second-order valence-corrected chi connectivity index (χ2v) is 6.31. The molecule has 0 spiro atoms. The molecule has 0 fully saturated rings. The normalized spacial score (nSPS) is 13.1. The quantitative estimate of drug-likeness (QED) is 0.836. The Morgan fingerprint density at radius 3 is 2.70 bits per heavy atom. The van der Waals surface area contributed by atoms with Crippen LogP contribution in [0.4, 0.5) is 0 Å². The summed E-state index contributed by atoms with van der Waals surface area (Å²) >= 11 is 1.86. The maximum atomic E-state index is 4.68. The zero-order chi connectivity index (χ0) is 14.5. The van der Waals surface area contributed by atoms with E-state index in [4.69, 9.17) is 0 Å². The number of aryl methyl sites for hydroxylation is 1. The number of aromatic nitrogens is 2. The Labute approximate surface area is 126 Å². The van der Waals surface area contributed by atoms with E-state index < -0.39 is 0 Å². The highest BCUT2D eigenvalue weighted by molar-refractivity contribution is 7.10. The lowest BCUT2D eigenvalue weighted by Crippen LogP contribution is -2.23. The van der Waals surface area contributed by atoms with Gasteiger partial charge in [-0.2, -0.15) is 5.10 Å². The van der Waals surface area contributed by atoms with Gasteiger partial charge in [0.2, 0.25) is 0 Å². The molecule has 0 aliphatic carbocycles. The highest BCUT2D eigenvalue weighted by atomic mass is 32.1. The number of likely N-dealkylation sites (N-methyl/N-ethyl adjacent to an activating group) is 1. The smallest absolute Gasteiger partial charge is 0.0644 e. The third-order valence-corrected chi connectivity index (χ3v) is 4.61. The van der Waals surface area contributed by atoms with Gasteiger partial charge in [0.1, 0.15) is 0 Å². The van der Waals surface area contributed by atoms with Crippen LogP contribution < -0.4 is 5.32 Å².